The second-order valence-electron chi connectivity index (χ2n) is 9.85. The molecule has 0 spiro atoms. The number of likely N-dealkylation sites (tertiary alicyclic amines) is 1. The van der Waals surface area contributed by atoms with Gasteiger partial charge in [-0.3, -0.25) is 9.59 Å². The number of carbonyl (C=O) groups is 2. The molecule has 1 amide bonds. The van der Waals surface area contributed by atoms with E-state index in [0.717, 1.165) is 18.4 Å². The van der Waals surface area contributed by atoms with Crippen LogP contribution in [0.25, 0.3) is 5.76 Å². The summed E-state index contributed by atoms with van der Waals surface area (Å²) in [5.41, 5.74) is 1.55. The molecule has 2 aromatic carbocycles. The van der Waals surface area contributed by atoms with Crippen LogP contribution in [0.15, 0.2) is 48.0 Å². The highest BCUT2D eigenvalue weighted by Crippen LogP contribution is 2.42. The number of hydrogen-bond acceptors (Lipinski definition) is 6. The number of amides is 1. The molecule has 0 saturated carbocycles. The van der Waals surface area contributed by atoms with E-state index < -0.39 is 17.7 Å². The van der Waals surface area contributed by atoms with Crippen LogP contribution in [-0.2, 0) is 19.7 Å². The monoisotopic (exact) mass is 465 g/mol. The SMILES string of the molecule is COc1ccc(/C(O)=C2/C(=O)C(=O)N(CC3CCCO3)C2c2cccc(O)c2)cc1C(C)(C)C. The second kappa shape index (κ2) is 9.14. The maximum Gasteiger partial charge on any atom is 0.295 e. The van der Waals surface area contributed by atoms with Crippen LogP contribution in [0.1, 0.15) is 56.3 Å². The van der Waals surface area contributed by atoms with E-state index in [1.807, 2.05) is 20.8 Å². The summed E-state index contributed by atoms with van der Waals surface area (Å²) in [6.07, 6.45) is 1.52. The van der Waals surface area contributed by atoms with Gasteiger partial charge in [0.15, 0.2) is 0 Å². The van der Waals surface area contributed by atoms with Crippen LogP contribution in [0.4, 0.5) is 0 Å². The van der Waals surface area contributed by atoms with Crippen molar-refractivity contribution in [2.24, 2.45) is 0 Å². The Labute approximate surface area is 199 Å². The molecule has 180 valence electrons. The first-order chi connectivity index (χ1) is 16.1. The van der Waals surface area contributed by atoms with E-state index in [-0.39, 0.29) is 35.1 Å². The third-order valence-electron chi connectivity index (χ3n) is 6.43. The van der Waals surface area contributed by atoms with Gasteiger partial charge in [0, 0.05) is 24.3 Å². The van der Waals surface area contributed by atoms with Gasteiger partial charge in [0.2, 0.25) is 0 Å². The van der Waals surface area contributed by atoms with E-state index in [1.54, 1.807) is 37.4 Å². The first kappa shape index (κ1) is 23.8. The van der Waals surface area contributed by atoms with Gasteiger partial charge in [0.25, 0.3) is 11.7 Å². The van der Waals surface area contributed by atoms with E-state index >= 15 is 0 Å². The summed E-state index contributed by atoms with van der Waals surface area (Å²) in [6.45, 7) is 6.94. The number of aliphatic hydroxyl groups excluding tert-OH is 1. The third-order valence-corrected chi connectivity index (χ3v) is 6.43. The van der Waals surface area contributed by atoms with Gasteiger partial charge in [0.1, 0.15) is 17.3 Å². The van der Waals surface area contributed by atoms with Crippen molar-refractivity contribution in [3.8, 4) is 11.5 Å². The van der Waals surface area contributed by atoms with E-state index in [9.17, 15) is 19.8 Å². The number of aromatic hydroxyl groups is 1. The maximum absolute atomic E-state index is 13.2. The minimum Gasteiger partial charge on any atom is -0.508 e. The molecule has 2 aliphatic heterocycles. The fourth-order valence-electron chi connectivity index (χ4n) is 4.71. The lowest BCUT2D eigenvalue weighted by atomic mass is 9.84. The molecule has 2 fully saturated rings. The third kappa shape index (κ3) is 4.40. The molecule has 0 aromatic heterocycles. The molecule has 7 nitrogen and oxygen atoms in total. The Kier molecular flexibility index (Phi) is 6.41. The number of methoxy groups -OCH3 is 1. The van der Waals surface area contributed by atoms with Crippen molar-refractivity contribution in [3.63, 3.8) is 0 Å². The number of aliphatic hydroxyl groups is 1. The molecule has 2 atom stereocenters. The van der Waals surface area contributed by atoms with Gasteiger partial charge in [-0.2, -0.15) is 0 Å². The normalized spacial score (nSPS) is 22.4. The smallest absolute Gasteiger partial charge is 0.295 e. The van der Waals surface area contributed by atoms with E-state index in [4.69, 9.17) is 9.47 Å². The highest BCUT2D eigenvalue weighted by molar-refractivity contribution is 6.46. The minimum atomic E-state index is -0.837. The van der Waals surface area contributed by atoms with Gasteiger partial charge in [0.05, 0.1) is 24.8 Å². The summed E-state index contributed by atoms with van der Waals surface area (Å²) in [4.78, 5) is 27.8. The number of ether oxygens (including phenoxy) is 2. The van der Waals surface area contributed by atoms with Gasteiger partial charge in [-0.25, -0.2) is 0 Å². The Morgan fingerprint density at radius 1 is 1.18 bits per heavy atom. The molecular weight excluding hydrogens is 434 g/mol. The lowest BCUT2D eigenvalue weighted by Gasteiger charge is -2.27. The van der Waals surface area contributed by atoms with Crippen LogP contribution < -0.4 is 4.74 Å². The molecule has 34 heavy (non-hydrogen) atoms. The number of benzene rings is 2. The van der Waals surface area contributed by atoms with Gasteiger partial charge in [-0.05, 0) is 54.2 Å². The minimum absolute atomic E-state index is 0.00128. The summed E-state index contributed by atoms with van der Waals surface area (Å²) in [5, 5.41) is 21.5. The van der Waals surface area contributed by atoms with Crippen molar-refractivity contribution >= 4 is 17.4 Å². The molecule has 0 bridgehead atoms. The highest BCUT2D eigenvalue weighted by atomic mass is 16.5. The van der Waals surface area contributed by atoms with Crippen LogP contribution in [0, 0.1) is 0 Å². The maximum atomic E-state index is 13.2. The molecule has 0 radical (unpaired) electrons. The summed E-state index contributed by atoms with van der Waals surface area (Å²) < 4.78 is 11.2. The fraction of sp³-hybridized carbons (Fsp3) is 0.407. The number of phenols is 1. The summed E-state index contributed by atoms with van der Waals surface area (Å²) in [7, 11) is 1.59. The molecule has 2 aliphatic rings. The largest absolute Gasteiger partial charge is 0.508 e. The lowest BCUT2D eigenvalue weighted by molar-refractivity contribution is -0.140. The van der Waals surface area contributed by atoms with Crippen molar-refractivity contribution in [1.29, 1.82) is 0 Å². The number of nitrogens with zero attached hydrogens (tertiary/aromatic N) is 1. The average Bonchev–Trinajstić information content (AvgIpc) is 3.40. The van der Waals surface area contributed by atoms with Gasteiger partial charge in [-0.1, -0.05) is 32.9 Å². The summed E-state index contributed by atoms with van der Waals surface area (Å²) >= 11 is 0. The number of ketones is 1. The molecule has 4 rings (SSSR count). The zero-order valence-corrected chi connectivity index (χ0v) is 20.0. The van der Waals surface area contributed by atoms with Gasteiger partial charge in [-0.15, -0.1) is 0 Å². The van der Waals surface area contributed by atoms with Gasteiger partial charge >= 0.3 is 0 Å². The highest BCUT2D eigenvalue weighted by Gasteiger charge is 2.47. The van der Waals surface area contributed by atoms with Crippen LogP contribution in [0.2, 0.25) is 0 Å². The Bertz CT molecular complexity index is 1140. The summed E-state index contributed by atoms with van der Waals surface area (Å²) in [5.74, 6) is -1.01. The van der Waals surface area contributed by atoms with Crippen LogP contribution in [-0.4, -0.2) is 53.2 Å². The average molecular weight is 466 g/mol. The molecule has 2 unspecified atom stereocenters. The van der Waals surface area contributed by atoms with Crippen molar-refractivity contribution in [2.45, 2.75) is 51.2 Å². The molecule has 2 N–H and O–H groups in total. The standard InChI is InChI=1S/C27H31NO6/c1-27(2,3)20-14-17(10-11-21(20)33-4)24(30)22-23(16-7-5-8-18(29)13-16)28(26(32)25(22)31)15-19-9-6-12-34-19/h5,7-8,10-11,13-14,19,23,29-30H,6,9,12,15H2,1-4H3/b24-22-. The van der Waals surface area contributed by atoms with Crippen LogP contribution in [0.3, 0.4) is 0 Å². The first-order valence-corrected chi connectivity index (χ1v) is 11.5. The fourth-order valence-corrected chi connectivity index (χ4v) is 4.71. The van der Waals surface area contributed by atoms with Crippen LogP contribution in [0.5, 0.6) is 11.5 Å². The molecule has 0 aliphatic carbocycles. The topological polar surface area (TPSA) is 96.3 Å². The zero-order chi connectivity index (χ0) is 24.6. The molecule has 2 aromatic rings. The Morgan fingerprint density at radius 2 is 1.94 bits per heavy atom. The molecule has 2 saturated heterocycles. The number of carbonyl (C=O) groups excluding carboxylic acids is 2. The number of Topliss-reactive ketones (excluding diaryl/α,β-unsaturated/α-hetero) is 1. The molecule has 7 heteroatoms. The Balaban J connectivity index is 1.86. The quantitative estimate of drug-likeness (QED) is 0.388. The van der Waals surface area contributed by atoms with E-state index in [2.05, 4.69) is 0 Å². The molecular formula is C27H31NO6. The van der Waals surface area contributed by atoms with Crippen molar-refractivity contribution in [2.75, 3.05) is 20.3 Å². The van der Waals surface area contributed by atoms with Crippen LogP contribution >= 0.6 is 0 Å². The molecule has 2 heterocycles. The number of hydrogen-bond donors (Lipinski definition) is 2. The summed E-state index contributed by atoms with van der Waals surface area (Å²) in [6, 6.07) is 10.8. The predicted molar refractivity (Wildman–Crippen MR) is 128 cm³/mol. The van der Waals surface area contributed by atoms with E-state index in [1.165, 1.54) is 17.0 Å². The zero-order valence-electron chi connectivity index (χ0n) is 20.0. The van der Waals surface area contributed by atoms with E-state index in [0.29, 0.717) is 23.5 Å². The Hall–Kier alpha value is -3.32. The van der Waals surface area contributed by atoms with Crippen molar-refractivity contribution in [1.82, 2.24) is 4.90 Å². The van der Waals surface area contributed by atoms with Gasteiger partial charge < -0.3 is 24.6 Å². The number of rotatable bonds is 5. The number of phenolic OH excluding ortho intramolecular Hbond substituents is 1. The van der Waals surface area contributed by atoms with Crippen molar-refractivity contribution < 1.29 is 29.3 Å². The predicted octanol–water partition coefficient (Wildman–Crippen LogP) is 4.30. The second-order valence-corrected chi connectivity index (χ2v) is 9.85. The lowest BCUT2D eigenvalue weighted by Crippen LogP contribution is -2.36. The Morgan fingerprint density at radius 3 is 2.56 bits per heavy atom. The van der Waals surface area contributed by atoms with Crippen molar-refractivity contribution in [3.05, 3.63) is 64.7 Å². The first-order valence-electron chi connectivity index (χ1n) is 11.5.